The highest BCUT2D eigenvalue weighted by atomic mass is 35.5. The Balaban J connectivity index is 2.43. The smallest absolute Gasteiger partial charge is 0.366 e. The first-order chi connectivity index (χ1) is 8.39. The molecule has 18 heavy (non-hydrogen) atoms. The lowest BCUT2D eigenvalue weighted by Crippen LogP contribution is -2.50. The summed E-state index contributed by atoms with van der Waals surface area (Å²) in [7, 11) is 0. The molecule has 100 valence electrons. The molecule has 1 saturated heterocycles. The van der Waals surface area contributed by atoms with E-state index in [-0.39, 0.29) is 16.8 Å². The molecule has 2 nitrogen and oxygen atoms in total. The van der Waals surface area contributed by atoms with E-state index in [0.29, 0.717) is 19.6 Å². The predicted molar refractivity (Wildman–Crippen MR) is 66.1 cm³/mol. The van der Waals surface area contributed by atoms with Gasteiger partial charge in [0, 0.05) is 36.4 Å². The van der Waals surface area contributed by atoms with Crippen LogP contribution in [0.3, 0.4) is 0 Å². The molecule has 2 rings (SSSR count). The molecule has 1 fully saturated rings. The van der Waals surface area contributed by atoms with Crippen LogP contribution in [0.15, 0.2) is 18.2 Å². The van der Waals surface area contributed by atoms with Crippen molar-refractivity contribution in [3.8, 4) is 0 Å². The van der Waals surface area contributed by atoms with E-state index in [0.717, 1.165) is 6.07 Å². The van der Waals surface area contributed by atoms with Crippen LogP contribution in [0.25, 0.3) is 0 Å². The molecule has 1 heterocycles. The van der Waals surface area contributed by atoms with Gasteiger partial charge in [0.15, 0.2) is 0 Å². The van der Waals surface area contributed by atoms with E-state index in [9.17, 15) is 13.2 Å². The number of nitrogens with one attached hydrogen (secondary N) is 1. The fraction of sp³-hybridized carbons (Fsp3) is 0.500. The van der Waals surface area contributed by atoms with Crippen molar-refractivity contribution in [3.05, 3.63) is 28.8 Å². The zero-order chi connectivity index (χ0) is 13.3. The second-order valence-electron chi connectivity index (χ2n) is 4.41. The van der Waals surface area contributed by atoms with Crippen LogP contribution >= 0.6 is 11.6 Å². The Bertz CT molecular complexity index is 434. The molecule has 1 aliphatic heterocycles. The first kappa shape index (κ1) is 13.5. The minimum Gasteiger partial charge on any atom is -0.366 e. The summed E-state index contributed by atoms with van der Waals surface area (Å²) in [4.78, 5) is 1.77. The van der Waals surface area contributed by atoms with E-state index in [2.05, 4.69) is 5.32 Å². The molecule has 0 bridgehead atoms. The van der Waals surface area contributed by atoms with Crippen molar-refractivity contribution in [3.63, 3.8) is 0 Å². The predicted octanol–water partition coefficient (Wildman–Crippen LogP) is 3.16. The van der Waals surface area contributed by atoms with Crippen molar-refractivity contribution < 1.29 is 13.2 Å². The molecule has 0 amide bonds. The lowest BCUT2D eigenvalue weighted by Gasteiger charge is -2.37. The van der Waals surface area contributed by atoms with Crippen molar-refractivity contribution in [1.82, 2.24) is 5.32 Å². The highest BCUT2D eigenvalue weighted by Gasteiger charge is 2.36. The standard InChI is InChI=1S/C12H14ClF3N2/c1-8-7-17-4-5-18(8)11-3-2-9(13)6-10(11)12(14,15)16/h2-3,6,8,17H,4-5,7H2,1H3. The van der Waals surface area contributed by atoms with Gasteiger partial charge in [0.2, 0.25) is 0 Å². The van der Waals surface area contributed by atoms with E-state index >= 15 is 0 Å². The third kappa shape index (κ3) is 2.72. The summed E-state index contributed by atoms with van der Waals surface area (Å²) >= 11 is 5.67. The number of rotatable bonds is 1. The van der Waals surface area contributed by atoms with Crippen LogP contribution in [-0.4, -0.2) is 25.7 Å². The number of benzene rings is 1. The molecular weight excluding hydrogens is 265 g/mol. The van der Waals surface area contributed by atoms with Crippen LogP contribution in [0.1, 0.15) is 12.5 Å². The second kappa shape index (κ2) is 4.97. The molecule has 0 saturated carbocycles. The Morgan fingerprint density at radius 2 is 2.11 bits per heavy atom. The number of hydrogen-bond acceptors (Lipinski definition) is 2. The zero-order valence-electron chi connectivity index (χ0n) is 9.89. The second-order valence-corrected chi connectivity index (χ2v) is 4.84. The summed E-state index contributed by atoms with van der Waals surface area (Å²) in [5.74, 6) is 0. The molecule has 1 aromatic carbocycles. The van der Waals surface area contributed by atoms with Crippen LogP contribution in [0.4, 0.5) is 18.9 Å². The Kier molecular flexibility index (Phi) is 3.73. The van der Waals surface area contributed by atoms with Gasteiger partial charge < -0.3 is 10.2 Å². The molecule has 0 aromatic heterocycles. The summed E-state index contributed by atoms with van der Waals surface area (Å²) in [6.07, 6.45) is -4.38. The Labute approximate surface area is 109 Å². The first-order valence-electron chi connectivity index (χ1n) is 5.73. The Morgan fingerprint density at radius 3 is 2.72 bits per heavy atom. The SMILES string of the molecule is CC1CNCCN1c1ccc(Cl)cc1C(F)(F)F. The van der Waals surface area contributed by atoms with Crippen molar-refractivity contribution in [1.29, 1.82) is 0 Å². The molecule has 1 atom stereocenters. The van der Waals surface area contributed by atoms with Gasteiger partial charge in [-0.2, -0.15) is 13.2 Å². The summed E-state index contributed by atoms with van der Waals surface area (Å²) < 4.78 is 39.0. The van der Waals surface area contributed by atoms with Crippen molar-refractivity contribution in [2.24, 2.45) is 0 Å². The molecule has 0 spiro atoms. The van der Waals surface area contributed by atoms with Gasteiger partial charge >= 0.3 is 6.18 Å². The maximum atomic E-state index is 13.0. The lowest BCUT2D eigenvalue weighted by atomic mass is 10.1. The topological polar surface area (TPSA) is 15.3 Å². The number of nitrogens with zero attached hydrogens (tertiary/aromatic N) is 1. The van der Waals surface area contributed by atoms with Crippen LogP contribution in [0.2, 0.25) is 5.02 Å². The van der Waals surface area contributed by atoms with Gasteiger partial charge in [-0.15, -0.1) is 0 Å². The first-order valence-corrected chi connectivity index (χ1v) is 6.11. The van der Waals surface area contributed by atoms with Gasteiger partial charge in [-0.1, -0.05) is 11.6 Å². The monoisotopic (exact) mass is 278 g/mol. The quantitative estimate of drug-likeness (QED) is 0.849. The van der Waals surface area contributed by atoms with E-state index in [1.54, 1.807) is 4.90 Å². The largest absolute Gasteiger partial charge is 0.418 e. The van der Waals surface area contributed by atoms with E-state index in [4.69, 9.17) is 11.6 Å². The Morgan fingerprint density at radius 1 is 1.39 bits per heavy atom. The minimum absolute atomic E-state index is 0.0287. The molecule has 6 heteroatoms. The average Bonchev–Trinajstić information content (AvgIpc) is 2.29. The number of piperazine rings is 1. The van der Waals surface area contributed by atoms with E-state index in [1.165, 1.54) is 12.1 Å². The van der Waals surface area contributed by atoms with Crippen LogP contribution in [0.5, 0.6) is 0 Å². The van der Waals surface area contributed by atoms with Crippen LogP contribution < -0.4 is 10.2 Å². The third-order valence-corrected chi connectivity index (χ3v) is 3.31. The van der Waals surface area contributed by atoms with Crippen LogP contribution in [0, 0.1) is 0 Å². The fourth-order valence-corrected chi connectivity index (χ4v) is 2.36. The molecule has 1 aromatic rings. The number of halogens is 4. The van der Waals surface area contributed by atoms with Gasteiger partial charge in [-0.25, -0.2) is 0 Å². The van der Waals surface area contributed by atoms with Crippen molar-refractivity contribution in [2.45, 2.75) is 19.1 Å². The zero-order valence-corrected chi connectivity index (χ0v) is 10.6. The molecular formula is C12H14ClF3N2. The molecule has 0 aliphatic carbocycles. The molecule has 1 unspecified atom stereocenters. The Hall–Kier alpha value is -0.940. The minimum atomic E-state index is -4.38. The summed E-state index contributed by atoms with van der Waals surface area (Å²) in [6.45, 7) is 3.83. The van der Waals surface area contributed by atoms with E-state index in [1.807, 2.05) is 6.92 Å². The maximum Gasteiger partial charge on any atom is 0.418 e. The summed E-state index contributed by atoms with van der Waals surface area (Å²) in [5, 5.41) is 3.26. The van der Waals surface area contributed by atoms with Gasteiger partial charge in [0.1, 0.15) is 0 Å². The van der Waals surface area contributed by atoms with Gasteiger partial charge in [0.25, 0.3) is 0 Å². The average molecular weight is 279 g/mol. The highest BCUT2D eigenvalue weighted by molar-refractivity contribution is 6.30. The highest BCUT2D eigenvalue weighted by Crippen LogP contribution is 2.38. The van der Waals surface area contributed by atoms with E-state index < -0.39 is 11.7 Å². The van der Waals surface area contributed by atoms with Crippen LogP contribution in [-0.2, 0) is 6.18 Å². The van der Waals surface area contributed by atoms with Gasteiger partial charge in [-0.3, -0.25) is 0 Å². The lowest BCUT2D eigenvalue weighted by molar-refractivity contribution is -0.137. The van der Waals surface area contributed by atoms with Crippen molar-refractivity contribution >= 4 is 17.3 Å². The molecule has 1 aliphatic rings. The third-order valence-electron chi connectivity index (χ3n) is 3.07. The van der Waals surface area contributed by atoms with Gasteiger partial charge in [-0.05, 0) is 25.1 Å². The number of hydrogen-bond donors (Lipinski definition) is 1. The molecule has 1 N–H and O–H groups in total. The molecule has 0 radical (unpaired) electrons. The maximum absolute atomic E-state index is 13.0. The number of alkyl halides is 3. The number of anilines is 1. The summed E-state index contributed by atoms with van der Waals surface area (Å²) in [5.41, 5.74) is -0.454. The summed E-state index contributed by atoms with van der Waals surface area (Å²) in [6, 6.07) is 3.97. The van der Waals surface area contributed by atoms with Crippen molar-refractivity contribution in [2.75, 3.05) is 24.5 Å². The van der Waals surface area contributed by atoms with Gasteiger partial charge in [0.05, 0.1) is 5.56 Å². The normalized spacial score (nSPS) is 21.2. The fourth-order valence-electron chi connectivity index (χ4n) is 2.18.